The molecule has 0 bridgehead atoms. The van der Waals surface area contributed by atoms with Gasteiger partial charge >= 0.3 is 5.97 Å². The summed E-state index contributed by atoms with van der Waals surface area (Å²) in [5.74, 6) is -1.49. The molecule has 9 nitrogen and oxygen atoms in total. The Morgan fingerprint density at radius 2 is 2.04 bits per heavy atom. The minimum absolute atomic E-state index is 0.0257. The second-order valence-corrected chi connectivity index (χ2v) is 9.68. The van der Waals surface area contributed by atoms with Gasteiger partial charge in [0.15, 0.2) is 16.4 Å². The molecular formula is C14H18N2O7S2. The Bertz CT molecular complexity index is 878. The fraction of sp³-hybridized carbons (Fsp3) is 0.429. The molecule has 1 aliphatic heterocycles. The van der Waals surface area contributed by atoms with E-state index in [9.17, 15) is 26.4 Å². The van der Waals surface area contributed by atoms with E-state index in [0.717, 1.165) is 6.26 Å². The quantitative estimate of drug-likeness (QED) is 0.626. The first-order valence-electron chi connectivity index (χ1n) is 7.29. The largest absolute Gasteiger partial charge is 0.452 e. The molecule has 0 radical (unpaired) electrons. The van der Waals surface area contributed by atoms with Gasteiger partial charge in [0.1, 0.15) is 0 Å². The lowest BCUT2D eigenvalue weighted by atomic mass is 10.2. The van der Waals surface area contributed by atoms with Gasteiger partial charge in [0.05, 0.1) is 23.3 Å². The van der Waals surface area contributed by atoms with Crippen LogP contribution >= 0.6 is 0 Å². The Kier molecular flexibility index (Phi) is 5.68. The maximum atomic E-state index is 11.9. The highest BCUT2D eigenvalue weighted by Gasteiger charge is 2.29. The van der Waals surface area contributed by atoms with Crippen LogP contribution in [-0.4, -0.2) is 59.1 Å². The van der Waals surface area contributed by atoms with Gasteiger partial charge in [-0.2, -0.15) is 0 Å². The van der Waals surface area contributed by atoms with Crippen molar-refractivity contribution >= 4 is 37.4 Å². The molecule has 1 aromatic rings. The monoisotopic (exact) mass is 390 g/mol. The number of esters is 1. The highest BCUT2D eigenvalue weighted by molar-refractivity contribution is 7.92. The molecule has 1 unspecified atom stereocenters. The molecule has 1 atom stereocenters. The van der Waals surface area contributed by atoms with Gasteiger partial charge in [0.2, 0.25) is 10.0 Å². The van der Waals surface area contributed by atoms with Gasteiger partial charge in [-0.05, 0) is 24.6 Å². The number of amides is 1. The van der Waals surface area contributed by atoms with E-state index in [-0.39, 0.29) is 22.8 Å². The van der Waals surface area contributed by atoms with Crippen molar-refractivity contribution in [2.24, 2.45) is 0 Å². The zero-order valence-corrected chi connectivity index (χ0v) is 15.0. The number of sulfone groups is 1. The van der Waals surface area contributed by atoms with Crippen LogP contribution in [0, 0.1) is 0 Å². The molecule has 138 valence electrons. The minimum atomic E-state index is -3.48. The van der Waals surface area contributed by atoms with E-state index < -0.39 is 44.4 Å². The fourth-order valence-corrected chi connectivity index (χ4v) is 4.54. The van der Waals surface area contributed by atoms with Gasteiger partial charge in [-0.25, -0.2) is 21.6 Å². The van der Waals surface area contributed by atoms with Crippen LogP contribution in [0.3, 0.4) is 0 Å². The van der Waals surface area contributed by atoms with Crippen molar-refractivity contribution in [1.29, 1.82) is 0 Å². The van der Waals surface area contributed by atoms with Crippen LogP contribution in [0.5, 0.6) is 0 Å². The third-order valence-electron chi connectivity index (χ3n) is 3.33. The normalized spacial score (nSPS) is 19.2. The first kappa shape index (κ1) is 19.2. The number of sulfonamides is 1. The third-order valence-corrected chi connectivity index (χ3v) is 5.71. The number of rotatable bonds is 6. The van der Waals surface area contributed by atoms with Gasteiger partial charge < -0.3 is 10.1 Å². The summed E-state index contributed by atoms with van der Waals surface area (Å²) >= 11 is 0. The summed E-state index contributed by atoms with van der Waals surface area (Å²) in [6.07, 6.45) is 1.31. The van der Waals surface area contributed by atoms with E-state index in [1.165, 1.54) is 24.3 Å². The molecule has 25 heavy (non-hydrogen) atoms. The standard InChI is InChI=1S/C14H18N2O7S2/c1-24(19,20)16-11-4-2-3-10(7-11)14(18)23-8-13(17)15-12-5-6-25(21,22)9-12/h2-4,7,12,16H,5-6,8-9H2,1H3,(H,15,17). The van der Waals surface area contributed by atoms with E-state index in [4.69, 9.17) is 4.74 Å². The topological polar surface area (TPSA) is 136 Å². The van der Waals surface area contributed by atoms with Gasteiger partial charge in [-0.15, -0.1) is 0 Å². The lowest BCUT2D eigenvalue weighted by Crippen LogP contribution is -2.38. The van der Waals surface area contributed by atoms with Crippen LogP contribution in [0.2, 0.25) is 0 Å². The fourth-order valence-electron chi connectivity index (χ4n) is 2.32. The number of benzene rings is 1. The second-order valence-electron chi connectivity index (χ2n) is 5.70. The maximum Gasteiger partial charge on any atom is 0.338 e. The number of carbonyl (C=O) groups excluding carboxylic acids is 2. The highest BCUT2D eigenvalue weighted by atomic mass is 32.2. The summed E-state index contributed by atoms with van der Waals surface area (Å²) in [6, 6.07) is 5.15. The molecule has 2 rings (SSSR count). The summed E-state index contributed by atoms with van der Waals surface area (Å²) in [5.41, 5.74) is 0.266. The third kappa shape index (κ3) is 6.35. The Morgan fingerprint density at radius 1 is 1.32 bits per heavy atom. The first-order valence-corrected chi connectivity index (χ1v) is 11.0. The van der Waals surface area contributed by atoms with Gasteiger partial charge in [-0.3, -0.25) is 9.52 Å². The second kappa shape index (κ2) is 7.40. The Hall–Kier alpha value is -2.14. The summed E-state index contributed by atoms with van der Waals surface area (Å²) in [4.78, 5) is 23.7. The van der Waals surface area contributed by atoms with Crippen molar-refractivity contribution in [3.05, 3.63) is 29.8 Å². The molecule has 0 spiro atoms. The van der Waals surface area contributed by atoms with Crippen molar-refractivity contribution in [3.63, 3.8) is 0 Å². The number of hydrogen-bond acceptors (Lipinski definition) is 7. The van der Waals surface area contributed by atoms with E-state index in [1.807, 2.05) is 0 Å². The summed E-state index contributed by atoms with van der Waals surface area (Å²) < 4.78 is 52.1. The van der Waals surface area contributed by atoms with Crippen molar-refractivity contribution in [1.82, 2.24) is 5.32 Å². The molecule has 1 saturated heterocycles. The minimum Gasteiger partial charge on any atom is -0.452 e. The molecule has 1 fully saturated rings. The van der Waals surface area contributed by atoms with E-state index >= 15 is 0 Å². The van der Waals surface area contributed by atoms with Gasteiger partial charge in [-0.1, -0.05) is 6.07 Å². The summed E-state index contributed by atoms with van der Waals surface area (Å²) in [6.45, 7) is -0.556. The van der Waals surface area contributed by atoms with Gasteiger partial charge in [0, 0.05) is 11.7 Å². The van der Waals surface area contributed by atoms with Crippen LogP contribution in [0.4, 0.5) is 5.69 Å². The van der Waals surface area contributed by atoms with Crippen molar-refractivity contribution in [2.75, 3.05) is 29.1 Å². The summed E-state index contributed by atoms with van der Waals surface area (Å²) in [7, 11) is -6.60. The van der Waals surface area contributed by atoms with Crippen LogP contribution in [0.1, 0.15) is 16.8 Å². The average Bonchev–Trinajstić information content (AvgIpc) is 2.82. The lowest BCUT2D eigenvalue weighted by molar-refractivity contribution is -0.124. The number of carbonyl (C=O) groups is 2. The number of hydrogen-bond donors (Lipinski definition) is 2. The van der Waals surface area contributed by atoms with E-state index in [0.29, 0.717) is 6.42 Å². The van der Waals surface area contributed by atoms with Crippen molar-refractivity contribution in [2.45, 2.75) is 12.5 Å². The Balaban J connectivity index is 1.88. The highest BCUT2D eigenvalue weighted by Crippen LogP contribution is 2.13. The van der Waals surface area contributed by atoms with Crippen LogP contribution in [0.25, 0.3) is 0 Å². The molecule has 11 heteroatoms. The molecule has 0 aliphatic carbocycles. The zero-order valence-electron chi connectivity index (χ0n) is 13.4. The number of anilines is 1. The Morgan fingerprint density at radius 3 is 2.64 bits per heavy atom. The molecule has 0 saturated carbocycles. The smallest absolute Gasteiger partial charge is 0.338 e. The number of nitrogens with one attached hydrogen (secondary N) is 2. The lowest BCUT2D eigenvalue weighted by Gasteiger charge is -2.11. The average molecular weight is 390 g/mol. The predicted octanol–water partition coefficient (Wildman–Crippen LogP) is -0.482. The molecule has 1 heterocycles. The van der Waals surface area contributed by atoms with Crippen LogP contribution < -0.4 is 10.0 Å². The van der Waals surface area contributed by atoms with Gasteiger partial charge in [0.25, 0.3) is 5.91 Å². The molecule has 2 N–H and O–H groups in total. The summed E-state index contributed by atoms with van der Waals surface area (Å²) in [5, 5.41) is 2.50. The SMILES string of the molecule is CS(=O)(=O)Nc1cccc(C(=O)OCC(=O)NC2CCS(=O)(=O)C2)c1. The first-order chi connectivity index (χ1) is 11.5. The molecule has 1 aromatic carbocycles. The maximum absolute atomic E-state index is 11.9. The molecular weight excluding hydrogens is 372 g/mol. The number of ether oxygens (including phenoxy) is 1. The van der Waals surface area contributed by atoms with Crippen molar-refractivity contribution in [3.8, 4) is 0 Å². The molecule has 1 amide bonds. The molecule has 0 aromatic heterocycles. The molecule has 1 aliphatic rings. The predicted molar refractivity (Wildman–Crippen MR) is 90.4 cm³/mol. The van der Waals surface area contributed by atoms with Crippen LogP contribution in [-0.2, 0) is 29.4 Å². The zero-order chi connectivity index (χ0) is 18.7. The van der Waals surface area contributed by atoms with Crippen LogP contribution in [0.15, 0.2) is 24.3 Å². The van der Waals surface area contributed by atoms with E-state index in [2.05, 4.69) is 10.0 Å². The Labute approximate surface area is 145 Å². The van der Waals surface area contributed by atoms with E-state index in [1.54, 1.807) is 0 Å². The van der Waals surface area contributed by atoms with Crippen molar-refractivity contribution < 1.29 is 31.2 Å².